The molecule has 0 spiro atoms. The Morgan fingerprint density at radius 2 is 1.81 bits per heavy atom. The Kier molecular flexibility index (Phi) is 7.20. The van der Waals surface area contributed by atoms with E-state index in [-0.39, 0.29) is 0 Å². The molecule has 144 valence electrons. The summed E-state index contributed by atoms with van der Waals surface area (Å²) in [6.45, 7) is 10.0. The Bertz CT molecular complexity index is 838. The van der Waals surface area contributed by atoms with E-state index in [1.807, 2.05) is 45.0 Å². The van der Waals surface area contributed by atoms with Crippen molar-refractivity contribution in [3.63, 3.8) is 0 Å². The van der Waals surface area contributed by atoms with Crippen LogP contribution < -0.4 is 0 Å². The van der Waals surface area contributed by atoms with Crippen LogP contribution in [-0.2, 0) is 16.1 Å². The highest BCUT2D eigenvalue weighted by Gasteiger charge is 2.26. The third-order valence-corrected chi connectivity index (χ3v) is 5.91. The minimum atomic E-state index is -1.32. The summed E-state index contributed by atoms with van der Waals surface area (Å²) in [5, 5.41) is 0.444. The number of rotatable bonds is 5. The lowest BCUT2D eigenvalue weighted by Crippen LogP contribution is -2.25. The third-order valence-electron chi connectivity index (χ3n) is 4.18. The van der Waals surface area contributed by atoms with E-state index in [0.29, 0.717) is 11.0 Å². The molecule has 1 unspecified atom stereocenters. The van der Waals surface area contributed by atoms with Gasteiger partial charge in [-0.25, -0.2) is 0 Å². The van der Waals surface area contributed by atoms with Crippen molar-refractivity contribution < 1.29 is 9.29 Å². The third kappa shape index (κ3) is 5.41. The standard InChI is InChI=1S/C22H27NO2S2/c1-15(2)16-11-12-18(17(13-16)14-23-27(24)22(3,4)5)19-9-7-8-10-20(19)21(26)25-6/h7-15H,1-6H3. The molecule has 0 aliphatic rings. The molecule has 0 saturated heterocycles. The van der Waals surface area contributed by atoms with Crippen molar-refractivity contribution in [2.45, 2.75) is 45.3 Å². The second kappa shape index (κ2) is 9.00. The first-order chi connectivity index (χ1) is 12.6. The Morgan fingerprint density at radius 1 is 1.15 bits per heavy atom. The minimum Gasteiger partial charge on any atom is -0.591 e. The molecular weight excluding hydrogens is 374 g/mol. The summed E-state index contributed by atoms with van der Waals surface area (Å²) in [5.74, 6) is 0.384. The maximum atomic E-state index is 12.4. The van der Waals surface area contributed by atoms with Gasteiger partial charge >= 0.3 is 0 Å². The van der Waals surface area contributed by atoms with Gasteiger partial charge in [0, 0.05) is 11.1 Å². The van der Waals surface area contributed by atoms with Gasteiger partial charge in [0.15, 0.2) is 5.05 Å². The maximum Gasteiger partial charge on any atom is 0.191 e. The molecule has 0 heterocycles. The molecule has 0 aliphatic heterocycles. The predicted octanol–water partition coefficient (Wildman–Crippen LogP) is 5.68. The lowest BCUT2D eigenvalue weighted by molar-refractivity contribution is 0.416. The fraction of sp³-hybridized carbons (Fsp3) is 0.364. The number of nitrogens with zero attached hydrogens (tertiary/aromatic N) is 1. The predicted molar refractivity (Wildman–Crippen MR) is 120 cm³/mol. The highest BCUT2D eigenvalue weighted by atomic mass is 32.2. The molecule has 0 aliphatic carbocycles. The molecule has 0 bridgehead atoms. The second-order valence-corrected chi connectivity index (χ2v) is 9.94. The van der Waals surface area contributed by atoms with Gasteiger partial charge in [0.1, 0.15) is 16.1 Å². The highest BCUT2D eigenvalue weighted by molar-refractivity contribution is 7.91. The molecule has 2 aromatic carbocycles. The van der Waals surface area contributed by atoms with Gasteiger partial charge < -0.3 is 9.29 Å². The van der Waals surface area contributed by atoms with Crippen molar-refractivity contribution >= 4 is 34.8 Å². The fourth-order valence-corrected chi connectivity index (χ4v) is 3.26. The minimum absolute atomic E-state index is 0.384. The van der Waals surface area contributed by atoms with Crippen LogP contribution in [0.5, 0.6) is 0 Å². The molecule has 2 aromatic rings. The zero-order chi connectivity index (χ0) is 20.2. The summed E-state index contributed by atoms with van der Waals surface area (Å²) in [7, 11) is 1.58. The van der Waals surface area contributed by atoms with E-state index >= 15 is 0 Å². The van der Waals surface area contributed by atoms with Crippen LogP contribution in [0.2, 0.25) is 0 Å². The number of hydrogen-bond acceptors (Lipinski definition) is 4. The van der Waals surface area contributed by atoms with Crippen LogP contribution in [0.4, 0.5) is 0 Å². The lowest BCUT2D eigenvalue weighted by atomic mass is 9.92. The van der Waals surface area contributed by atoms with E-state index in [9.17, 15) is 4.55 Å². The smallest absolute Gasteiger partial charge is 0.191 e. The van der Waals surface area contributed by atoms with Crippen LogP contribution in [0.15, 0.2) is 46.9 Å². The number of methoxy groups -OCH3 is 1. The van der Waals surface area contributed by atoms with Crippen LogP contribution in [-0.4, -0.2) is 27.7 Å². The van der Waals surface area contributed by atoms with Crippen molar-refractivity contribution in [2.24, 2.45) is 4.40 Å². The van der Waals surface area contributed by atoms with Gasteiger partial charge in [-0.2, -0.15) is 0 Å². The number of thiocarbonyl (C=S) groups is 1. The molecular formula is C22H27NO2S2. The van der Waals surface area contributed by atoms with Gasteiger partial charge in [0.2, 0.25) is 0 Å². The molecule has 2 rings (SSSR count). The number of ether oxygens (including phenoxy) is 1. The average Bonchev–Trinajstić information content (AvgIpc) is 2.64. The van der Waals surface area contributed by atoms with Gasteiger partial charge in [0.25, 0.3) is 0 Å². The fourth-order valence-electron chi connectivity index (χ4n) is 2.56. The second-order valence-electron chi connectivity index (χ2n) is 7.63. The molecule has 0 radical (unpaired) electrons. The van der Waals surface area contributed by atoms with Gasteiger partial charge in [-0.05, 0) is 67.7 Å². The summed E-state index contributed by atoms with van der Waals surface area (Å²) in [4.78, 5) is 0. The number of hydrogen-bond donors (Lipinski definition) is 0. The largest absolute Gasteiger partial charge is 0.591 e. The van der Waals surface area contributed by atoms with Gasteiger partial charge in [0.05, 0.1) is 13.3 Å². The molecule has 1 atom stereocenters. The Hall–Kier alpha value is -1.69. The molecule has 5 heteroatoms. The molecule has 0 N–H and O–H groups in total. The van der Waals surface area contributed by atoms with Crippen molar-refractivity contribution in [1.82, 2.24) is 0 Å². The normalized spacial score (nSPS) is 13.2. The van der Waals surface area contributed by atoms with E-state index < -0.39 is 16.1 Å². The first-order valence-electron chi connectivity index (χ1n) is 8.93. The number of benzene rings is 2. The first kappa shape index (κ1) is 21.6. The van der Waals surface area contributed by atoms with Crippen LogP contribution in [0.3, 0.4) is 0 Å². The van der Waals surface area contributed by atoms with E-state index in [4.69, 9.17) is 17.0 Å². The van der Waals surface area contributed by atoms with Crippen LogP contribution >= 0.6 is 12.2 Å². The van der Waals surface area contributed by atoms with E-state index in [2.05, 4.69) is 36.4 Å². The van der Waals surface area contributed by atoms with Crippen molar-refractivity contribution in [3.8, 4) is 11.1 Å². The zero-order valence-corrected chi connectivity index (χ0v) is 18.4. The summed E-state index contributed by atoms with van der Waals surface area (Å²) in [5.41, 5.74) is 4.95. The summed E-state index contributed by atoms with van der Waals surface area (Å²) >= 11 is 4.05. The molecule has 0 saturated carbocycles. The summed E-state index contributed by atoms with van der Waals surface area (Å²) < 4.78 is 21.6. The maximum absolute atomic E-state index is 12.4. The Morgan fingerprint density at radius 3 is 2.41 bits per heavy atom. The van der Waals surface area contributed by atoms with Crippen molar-refractivity contribution in [1.29, 1.82) is 0 Å². The molecule has 0 fully saturated rings. The average molecular weight is 402 g/mol. The van der Waals surface area contributed by atoms with Crippen LogP contribution in [0.1, 0.15) is 57.2 Å². The van der Waals surface area contributed by atoms with Gasteiger partial charge in [-0.15, -0.1) is 0 Å². The van der Waals surface area contributed by atoms with Crippen LogP contribution in [0.25, 0.3) is 11.1 Å². The Balaban J connectivity index is 2.61. The Labute approximate surface area is 171 Å². The van der Waals surface area contributed by atoms with Gasteiger partial charge in [-0.3, -0.25) is 0 Å². The van der Waals surface area contributed by atoms with Crippen LogP contribution in [0, 0.1) is 0 Å². The van der Waals surface area contributed by atoms with E-state index in [0.717, 1.165) is 22.3 Å². The topological polar surface area (TPSA) is 44.6 Å². The molecule has 0 aromatic heterocycles. The SMILES string of the molecule is COC(=S)c1ccccc1-c1ccc(C(C)C)cc1C=N[S+]([O-])C(C)(C)C. The van der Waals surface area contributed by atoms with E-state index in [1.165, 1.54) is 5.56 Å². The summed E-state index contributed by atoms with van der Waals surface area (Å²) in [6, 6.07) is 14.2. The van der Waals surface area contributed by atoms with Crippen molar-refractivity contribution in [2.75, 3.05) is 7.11 Å². The molecule has 27 heavy (non-hydrogen) atoms. The highest BCUT2D eigenvalue weighted by Crippen LogP contribution is 2.30. The lowest BCUT2D eigenvalue weighted by Gasteiger charge is -2.18. The molecule has 0 amide bonds. The van der Waals surface area contributed by atoms with Crippen molar-refractivity contribution in [3.05, 3.63) is 59.2 Å². The summed E-state index contributed by atoms with van der Waals surface area (Å²) in [6.07, 6.45) is 1.72. The monoisotopic (exact) mass is 401 g/mol. The first-order valence-corrected chi connectivity index (χ1v) is 10.4. The molecule has 3 nitrogen and oxygen atoms in total. The zero-order valence-electron chi connectivity index (χ0n) is 16.8. The van der Waals surface area contributed by atoms with E-state index in [1.54, 1.807) is 13.3 Å². The van der Waals surface area contributed by atoms with Gasteiger partial charge in [-0.1, -0.05) is 48.6 Å². The quantitative estimate of drug-likeness (QED) is 0.368.